The summed E-state index contributed by atoms with van der Waals surface area (Å²) < 4.78 is 13.7. The van der Waals surface area contributed by atoms with E-state index in [9.17, 15) is 4.79 Å². The fourth-order valence-corrected chi connectivity index (χ4v) is 5.66. The Morgan fingerprint density at radius 1 is 1.34 bits per heavy atom. The van der Waals surface area contributed by atoms with Crippen molar-refractivity contribution in [3.05, 3.63) is 58.7 Å². The van der Waals surface area contributed by atoms with Gasteiger partial charge < -0.3 is 19.4 Å². The Hall–Kier alpha value is -2.94. The zero-order valence-corrected chi connectivity index (χ0v) is 19.2. The second kappa shape index (κ2) is 8.54. The molecule has 1 atom stereocenters. The first-order valence-corrected chi connectivity index (χ1v) is 11.5. The number of nitrogens with zero attached hydrogens (tertiary/aromatic N) is 3. The summed E-state index contributed by atoms with van der Waals surface area (Å²) in [7, 11) is 5.41. The molecule has 5 rings (SSSR count). The number of pyridine rings is 1. The molecule has 0 unspecified atom stereocenters. The monoisotopic (exact) mass is 450 g/mol. The van der Waals surface area contributed by atoms with E-state index in [1.165, 1.54) is 22.3 Å². The molecule has 1 aliphatic heterocycles. The zero-order chi connectivity index (χ0) is 22.2. The van der Waals surface area contributed by atoms with Gasteiger partial charge in [-0.25, -0.2) is 4.98 Å². The molecule has 0 bridgehead atoms. The van der Waals surface area contributed by atoms with Crippen LogP contribution in [0.3, 0.4) is 0 Å². The Morgan fingerprint density at radius 2 is 2.22 bits per heavy atom. The second-order valence-electron chi connectivity index (χ2n) is 8.02. The SMILES string of the molecule is CNC(=O)c1sc2ncccc2c1[C@H]1CN(Cc2cn(C)c3cc(OC)ccc23)CCO1. The maximum absolute atomic E-state index is 12.6. The van der Waals surface area contributed by atoms with Crippen molar-refractivity contribution in [1.29, 1.82) is 0 Å². The van der Waals surface area contributed by atoms with Crippen LogP contribution in [0.2, 0.25) is 0 Å². The molecular weight excluding hydrogens is 424 g/mol. The maximum Gasteiger partial charge on any atom is 0.261 e. The molecule has 8 heteroatoms. The van der Waals surface area contributed by atoms with Crippen molar-refractivity contribution in [3.63, 3.8) is 0 Å². The van der Waals surface area contributed by atoms with E-state index in [-0.39, 0.29) is 12.0 Å². The number of hydrogen-bond acceptors (Lipinski definition) is 6. The summed E-state index contributed by atoms with van der Waals surface area (Å²) in [5.41, 5.74) is 3.37. The minimum absolute atomic E-state index is 0.0910. The molecular formula is C24H26N4O3S. The van der Waals surface area contributed by atoms with Gasteiger partial charge in [0.2, 0.25) is 0 Å². The number of methoxy groups -OCH3 is 1. The molecule has 0 radical (unpaired) electrons. The van der Waals surface area contributed by atoms with Gasteiger partial charge in [-0.15, -0.1) is 11.3 Å². The third kappa shape index (κ3) is 3.64. The molecule has 32 heavy (non-hydrogen) atoms. The number of nitrogens with one attached hydrogen (secondary N) is 1. The lowest BCUT2D eigenvalue weighted by molar-refractivity contribution is -0.0322. The molecule has 1 N–H and O–H groups in total. The molecule has 0 saturated carbocycles. The largest absolute Gasteiger partial charge is 0.497 e. The highest BCUT2D eigenvalue weighted by Crippen LogP contribution is 2.37. The lowest BCUT2D eigenvalue weighted by Gasteiger charge is -2.33. The number of benzene rings is 1. The van der Waals surface area contributed by atoms with Gasteiger partial charge in [0, 0.05) is 68.5 Å². The molecule has 1 amide bonds. The summed E-state index contributed by atoms with van der Waals surface area (Å²) in [6.45, 7) is 3.00. The fourth-order valence-electron chi connectivity index (χ4n) is 4.52. The van der Waals surface area contributed by atoms with Gasteiger partial charge in [0.05, 0.1) is 25.3 Å². The molecule has 1 aliphatic rings. The number of aryl methyl sites for hydroxylation is 1. The Bertz CT molecular complexity index is 1300. The molecule has 4 aromatic rings. The number of ether oxygens (including phenoxy) is 2. The van der Waals surface area contributed by atoms with Crippen LogP contribution in [0.4, 0.5) is 0 Å². The number of thiophene rings is 1. The Balaban J connectivity index is 1.45. The molecule has 7 nitrogen and oxygen atoms in total. The topological polar surface area (TPSA) is 68.6 Å². The second-order valence-corrected chi connectivity index (χ2v) is 9.02. The van der Waals surface area contributed by atoms with Crippen molar-refractivity contribution in [2.75, 3.05) is 33.9 Å². The van der Waals surface area contributed by atoms with Crippen molar-refractivity contribution >= 4 is 38.4 Å². The first-order valence-electron chi connectivity index (χ1n) is 10.6. The summed E-state index contributed by atoms with van der Waals surface area (Å²) >= 11 is 1.43. The molecule has 1 saturated heterocycles. The Labute approximate surface area is 190 Å². The van der Waals surface area contributed by atoms with Crippen LogP contribution in [0.15, 0.2) is 42.7 Å². The number of amides is 1. The molecule has 0 aliphatic carbocycles. The molecule has 4 heterocycles. The summed E-state index contributed by atoms with van der Waals surface area (Å²) in [5.74, 6) is 0.767. The highest BCUT2D eigenvalue weighted by atomic mass is 32.1. The van der Waals surface area contributed by atoms with Crippen LogP contribution in [-0.2, 0) is 18.3 Å². The van der Waals surface area contributed by atoms with Gasteiger partial charge in [-0.3, -0.25) is 9.69 Å². The third-order valence-corrected chi connectivity index (χ3v) is 7.21. The quantitative estimate of drug-likeness (QED) is 0.502. The van der Waals surface area contributed by atoms with Crippen LogP contribution in [0.5, 0.6) is 5.75 Å². The van der Waals surface area contributed by atoms with E-state index in [1.54, 1.807) is 20.4 Å². The smallest absolute Gasteiger partial charge is 0.261 e. The van der Waals surface area contributed by atoms with E-state index < -0.39 is 0 Å². The van der Waals surface area contributed by atoms with E-state index in [0.717, 1.165) is 46.7 Å². The minimum atomic E-state index is -0.177. The number of hydrogen-bond donors (Lipinski definition) is 1. The van der Waals surface area contributed by atoms with E-state index >= 15 is 0 Å². The highest BCUT2D eigenvalue weighted by Gasteiger charge is 2.30. The van der Waals surface area contributed by atoms with Gasteiger partial charge in [-0.05, 0) is 23.8 Å². The standard InChI is InChI=1S/C24H26N4O3S/c1-25-23(29)22-21(18-5-4-8-26-24(18)32-22)20-14-28(9-10-31-20)13-15-12-27(2)19-11-16(30-3)6-7-17(15)19/h4-8,11-12,20H,9-10,13-14H2,1-3H3,(H,25,29)/t20-/m1/s1. The highest BCUT2D eigenvalue weighted by molar-refractivity contribution is 7.20. The average Bonchev–Trinajstić information content (AvgIpc) is 3.36. The van der Waals surface area contributed by atoms with Crippen molar-refractivity contribution in [2.24, 2.45) is 7.05 Å². The van der Waals surface area contributed by atoms with Crippen molar-refractivity contribution in [1.82, 2.24) is 19.8 Å². The Morgan fingerprint density at radius 3 is 3.03 bits per heavy atom. The van der Waals surface area contributed by atoms with Crippen LogP contribution in [0.1, 0.15) is 26.9 Å². The minimum Gasteiger partial charge on any atom is -0.497 e. The number of carbonyl (C=O) groups excluding carboxylic acids is 1. The van der Waals surface area contributed by atoms with Crippen LogP contribution in [0.25, 0.3) is 21.1 Å². The van der Waals surface area contributed by atoms with Gasteiger partial charge in [0.15, 0.2) is 0 Å². The molecule has 1 fully saturated rings. The van der Waals surface area contributed by atoms with Crippen molar-refractivity contribution in [2.45, 2.75) is 12.6 Å². The van der Waals surface area contributed by atoms with Gasteiger partial charge in [-0.2, -0.15) is 0 Å². The maximum atomic E-state index is 12.6. The predicted molar refractivity (Wildman–Crippen MR) is 126 cm³/mol. The van der Waals surface area contributed by atoms with Gasteiger partial charge in [0.1, 0.15) is 15.5 Å². The number of rotatable bonds is 5. The summed E-state index contributed by atoms with van der Waals surface area (Å²) in [6.07, 6.45) is 3.78. The van der Waals surface area contributed by atoms with Crippen LogP contribution >= 0.6 is 11.3 Å². The molecule has 1 aromatic carbocycles. The number of carbonyl (C=O) groups is 1. The summed E-state index contributed by atoms with van der Waals surface area (Å²) in [6, 6.07) is 10.1. The van der Waals surface area contributed by atoms with Gasteiger partial charge in [-0.1, -0.05) is 6.07 Å². The fraction of sp³-hybridized carbons (Fsp3) is 0.333. The Kier molecular flexibility index (Phi) is 5.58. The van der Waals surface area contributed by atoms with E-state index in [1.807, 2.05) is 18.2 Å². The van der Waals surface area contributed by atoms with Crippen LogP contribution in [0, 0.1) is 0 Å². The van der Waals surface area contributed by atoms with Gasteiger partial charge in [0.25, 0.3) is 5.91 Å². The van der Waals surface area contributed by atoms with E-state index in [2.05, 4.69) is 45.1 Å². The number of morpholine rings is 1. The summed E-state index contributed by atoms with van der Waals surface area (Å²) in [4.78, 5) is 21.0. The zero-order valence-electron chi connectivity index (χ0n) is 18.4. The first-order chi connectivity index (χ1) is 15.6. The van der Waals surface area contributed by atoms with Crippen LogP contribution in [-0.4, -0.2) is 54.2 Å². The lowest BCUT2D eigenvalue weighted by Crippen LogP contribution is -2.38. The van der Waals surface area contributed by atoms with Gasteiger partial charge >= 0.3 is 0 Å². The van der Waals surface area contributed by atoms with Crippen molar-refractivity contribution in [3.8, 4) is 5.75 Å². The lowest BCUT2D eigenvalue weighted by atomic mass is 10.0. The normalized spacial score (nSPS) is 17.2. The predicted octanol–water partition coefficient (Wildman–Crippen LogP) is 3.73. The van der Waals surface area contributed by atoms with Crippen LogP contribution < -0.4 is 10.1 Å². The van der Waals surface area contributed by atoms with E-state index in [4.69, 9.17) is 9.47 Å². The van der Waals surface area contributed by atoms with Crippen molar-refractivity contribution < 1.29 is 14.3 Å². The third-order valence-electron chi connectivity index (χ3n) is 6.08. The average molecular weight is 451 g/mol. The van der Waals surface area contributed by atoms with E-state index in [0.29, 0.717) is 11.5 Å². The first kappa shape index (κ1) is 20.9. The number of aromatic nitrogens is 2. The number of fused-ring (bicyclic) bond motifs is 2. The summed E-state index contributed by atoms with van der Waals surface area (Å²) in [5, 5.41) is 5.00. The molecule has 166 valence electrons. The molecule has 3 aromatic heterocycles. The molecule has 0 spiro atoms.